The van der Waals surface area contributed by atoms with E-state index in [9.17, 15) is 19.8 Å². The molecular formula is C32H44N2O8. The van der Waals surface area contributed by atoms with Crippen molar-refractivity contribution in [3.63, 3.8) is 0 Å². The molecule has 230 valence electrons. The zero-order valence-corrected chi connectivity index (χ0v) is 25.2. The molecule has 12 atom stereocenters. The van der Waals surface area contributed by atoms with E-state index in [1.54, 1.807) is 45.6 Å². The number of ether oxygens (including phenoxy) is 4. The fraction of sp³-hybridized carbons (Fsp3) is 0.750. The van der Waals surface area contributed by atoms with Crippen LogP contribution in [0.4, 0.5) is 5.69 Å². The zero-order chi connectivity index (χ0) is 29.8. The normalized spacial score (nSPS) is 48.2. The summed E-state index contributed by atoms with van der Waals surface area (Å²) < 4.78 is 25.1. The lowest BCUT2D eigenvalue weighted by Crippen LogP contribution is -2.83. The van der Waals surface area contributed by atoms with Crippen molar-refractivity contribution in [3.8, 4) is 0 Å². The average molecular weight is 585 g/mol. The number of nitrogens with one attached hydrogen (secondary N) is 1. The molecule has 10 heteroatoms. The number of likely N-dealkylation sites (N-methyl/N-ethyl adjacent to an activating group) is 1. The van der Waals surface area contributed by atoms with Gasteiger partial charge in [-0.3, -0.25) is 9.69 Å². The van der Waals surface area contributed by atoms with Crippen LogP contribution in [0.2, 0.25) is 0 Å². The van der Waals surface area contributed by atoms with Gasteiger partial charge in [0.25, 0.3) is 0 Å². The Hall–Kier alpha value is -2.08. The monoisotopic (exact) mass is 584 g/mol. The number of methoxy groups -OCH3 is 3. The van der Waals surface area contributed by atoms with Crippen LogP contribution in [0.3, 0.4) is 0 Å². The molecule has 6 aliphatic rings. The van der Waals surface area contributed by atoms with Crippen molar-refractivity contribution in [3.05, 3.63) is 29.8 Å². The fourth-order valence-corrected chi connectivity index (χ4v) is 11.6. The molecule has 42 heavy (non-hydrogen) atoms. The molecular weight excluding hydrogens is 540 g/mol. The van der Waals surface area contributed by atoms with Crippen LogP contribution in [-0.2, 0) is 23.7 Å². The summed E-state index contributed by atoms with van der Waals surface area (Å²) in [6.45, 7) is 4.79. The van der Waals surface area contributed by atoms with E-state index in [1.165, 1.54) is 6.92 Å². The first-order chi connectivity index (χ1) is 20.1. The lowest BCUT2D eigenvalue weighted by Gasteiger charge is -2.70. The van der Waals surface area contributed by atoms with E-state index < -0.39 is 34.3 Å². The number of carbonyl (C=O) groups excluding carboxylic acids is 2. The SMILES string of the molecule is CCN1C[C@]2(OC(=O)c3ccccc3NC(C)=O)CC[C@H](OC)[C@@]34[C@@H]2CC([C@@H]13)[C@@]1(O)C[C@H](OC)[C@@H]2C[C@@H]4[C@]1(O)[C@H]2OC. The molecule has 1 spiro atoms. The Morgan fingerprint density at radius 2 is 1.83 bits per heavy atom. The number of aliphatic hydroxyl groups is 2. The number of esters is 1. The van der Waals surface area contributed by atoms with Gasteiger partial charge in [-0.2, -0.15) is 0 Å². The second-order valence-corrected chi connectivity index (χ2v) is 13.7. The van der Waals surface area contributed by atoms with Crippen LogP contribution in [0.5, 0.6) is 0 Å². The quantitative estimate of drug-likeness (QED) is 0.414. The molecule has 5 aliphatic carbocycles. The predicted molar refractivity (Wildman–Crippen MR) is 152 cm³/mol. The highest BCUT2D eigenvalue weighted by Crippen LogP contribution is 2.79. The molecule has 1 amide bonds. The van der Waals surface area contributed by atoms with Gasteiger partial charge in [0.1, 0.15) is 16.8 Å². The molecule has 1 aliphatic heterocycles. The summed E-state index contributed by atoms with van der Waals surface area (Å²) in [6.07, 6.45) is 1.91. The third-order valence-corrected chi connectivity index (χ3v) is 12.6. The molecule has 1 unspecified atom stereocenters. The Morgan fingerprint density at radius 3 is 2.50 bits per heavy atom. The van der Waals surface area contributed by atoms with Crippen LogP contribution in [0.25, 0.3) is 0 Å². The highest BCUT2D eigenvalue weighted by molar-refractivity contribution is 6.00. The highest BCUT2D eigenvalue weighted by Gasteiger charge is 2.89. The van der Waals surface area contributed by atoms with Gasteiger partial charge in [-0.05, 0) is 44.4 Å². The van der Waals surface area contributed by atoms with E-state index in [4.69, 9.17) is 18.9 Å². The molecule has 5 saturated carbocycles. The minimum Gasteiger partial charge on any atom is -0.454 e. The van der Waals surface area contributed by atoms with E-state index in [0.29, 0.717) is 56.4 Å². The molecule has 7 bridgehead atoms. The number of carbonyl (C=O) groups is 2. The standard InChI is InChI=1S/C32H44N2O8/c1-6-34-16-29(42-28(36)18-9-7-8-10-21(18)33-17(2)35)12-11-25(40-4)31-23(29)14-20(26(31)34)30(37)15-22(39-3)19-13-24(31)32(30,38)27(19)41-5/h7-10,19-20,22-27,37-38H,6,11-16H2,1-5H3,(H,33,35)/t19-,20?,22-,23+,24-,25-,26+,27-,29+,30-,31-,32-/m0/s1. The third-order valence-electron chi connectivity index (χ3n) is 12.6. The third kappa shape index (κ3) is 3.21. The van der Waals surface area contributed by atoms with Gasteiger partial charge in [0, 0.05) is 76.3 Å². The van der Waals surface area contributed by atoms with Crippen molar-refractivity contribution in [1.29, 1.82) is 0 Å². The van der Waals surface area contributed by atoms with Gasteiger partial charge < -0.3 is 34.5 Å². The predicted octanol–water partition coefficient (Wildman–Crippen LogP) is 2.22. The minimum absolute atomic E-state index is 0.0432. The first-order valence-electron chi connectivity index (χ1n) is 15.4. The minimum atomic E-state index is -1.48. The summed E-state index contributed by atoms with van der Waals surface area (Å²) in [5, 5.41) is 28.4. The van der Waals surface area contributed by atoms with Gasteiger partial charge in [0.15, 0.2) is 0 Å². The fourth-order valence-electron chi connectivity index (χ4n) is 11.6. The van der Waals surface area contributed by atoms with E-state index in [-0.39, 0.29) is 47.8 Å². The summed E-state index contributed by atoms with van der Waals surface area (Å²) >= 11 is 0. The van der Waals surface area contributed by atoms with E-state index in [0.717, 1.165) is 0 Å². The van der Waals surface area contributed by atoms with Crippen LogP contribution in [0, 0.1) is 29.1 Å². The molecule has 3 N–H and O–H groups in total. The Labute approximate surface area is 247 Å². The van der Waals surface area contributed by atoms with Crippen LogP contribution in [0.15, 0.2) is 24.3 Å². The molecule has 10 nitrogen and oxygen atoms in total. The maximum Gasteiger partial charge on any atom is 0.340 e. The summed E-state index contributed by atoms with van der Waals surface area (Å²) in [5.41, 5.74) is -3.57. The first-order valence-corrected chi connectivity index (χ1v) is 15.4. The molecule has 1 saturated heterocycles. The smallest absolute Gasteiger partial charge is 0.340 e. The van der Waals surface area contributed by atoms with Gasteiger partial charge in [-0.1, -0.05) is 19.1 Å². The number of fused-ring (bicyclic) bond motifs is 2. The molecule has 1 aromatic carbocycles. The number of hydrogen-bond donors (Lipinski definition) is 3. The summed E-state index contributed by atoms with van der Waals surface area (Å²) in [7, 11) is 5.05. The maximum absolute atomic E-state index is 14.0. The number of likely N-dealkylation sites (tertiary alicyclic amines) is 1. The second kappa shape index (κ2) is 9.46. The number of para-hydroxylation sites is 1. The first kappa shape index (κ1) is 28.7. The van der Waals surface area contributed by atoms with Crippen LogP contribution >= 0.6 is 0 Å². The van der Waals surface area contributed by atoms with Gasteiger partial charge in [-0.25, -0.2) is 4.79 Å². The number of nitrogens with zero attached hydrogens (tertiary/aromatic N) is 1. The summed E-state index contributed by atoms with van der Waals surface area (Å²) in [5.74, 6) is -1.54. The Kier molecular flexibility index (Phi) is 6.46. The van der Waals surface area contributed by atoms with E-state index in [2.05, 4.69) is 17.1 Å². The van der Waals surface area contributed by atoms with Gasteiger partial charge >= 0.3 is 5.97 Å². The van der Waals surface area contributed by atoms with Crippen molar-refractivity contribution in [2.75, 3.05) is 39.7 Å². The average Bonchev–Trinajstić information content (AvgIpc) is 3.39. The number of benzene rings is 1. The lowest BCUT2D eigenvalue weighted by atomic mass is 9.44. The molecule has 1 heterocycles. The number of rotatable bonds is 7. The Bertz CT molecular complexity index is 1290. The van der Waals surface area contributed by atoms with E-state index >= 15 is 0 Å². The van der Waals surface area contributed by atoms with Gasteiger partial charge in [0.2, 0.25) is 5.91 Å². The number of amides is 1. The second-order valence-electron chi connectivity index (χ2n) is 13.7. The molecule has 1 aromatic rings. The van der Waals surface area contributed by atoms with Crippen molar-refractivity contribution >= 4 is 17.6 Å². The van der Waals surface area contributed by atoms with Crippen molar-refractivity contribution in [1.82, 2.24) is 4.90 Å². The Balaban J connectivity index is 1.38. The van der Waals surface area contributed by atoms with Gasteiger partial charge in [-0.15, -0.1) is 0 Å². The lowest BCUT2D eigenvalue weighted by molar-refractivity contribution is -0.337. The van der Waals surface area contributed by atoms with Crippen molar-refractivity contribution < 1.29 is 38.7 Å². The summed E-state index contributed by atoms with van der Waals surface area (Å²) in [6, 6.07) is 6.89. The molecule has 7 rings (SSSR count). The van der Waals surface area contributed by atoms with Crippen LogP contribution in [-0.4, -0.2) is 103 Å². The molecule has 6 fully saturated rings. The van der Waals surface area contributed by atoms with Crippen LogP contribution in [0.1, 0.15) is 56.3 Å². The Morgan fingerprint density at radius 1 is 1.07 bits per heavy atom. The number of piperidine rings is 1. The highest BCUT2D eigenvalue weighted by atomic mass is 16.6. The molecule has 0 aromatic heterocycles. The number of hydrogen-bond acceptors (Lipinski definition) is 9. The maximum atomic E-state index is 14.0. The van der Waals surface area contributed by atoms with Crippen molar-refractivity contribution in [2.24, 2.45) is 29.1 Å². The molecule has 0 radical (unpaired) electrons. The van der Waals surface area contributed by atoms with E-state index in [1.807, 2.05) is 0 Å². The zero-order valence-electron chi connectivity index (χ0n) is 25.2. The van der Waals surface area contributed by atoms with Crippen LogP contribution < -0.4 is 5.32 Å². The summed E-state index contributed by atoms with van der Waals surface area (Å²) in [4.78, 5) is 28.3. The topological polar surface area (TPSA) is 127 Å². The largest absolute Gasteiger partial charge is 0.454 e. The van der Waals surface area contributed by atoms with Gasteiger partial charge in [0.05, 0.1) is 29.6 Å². The number of anilines is 1. The van der Waals surface area contributed by atoms with Crippen molar-refractivity contribution in [2.45, 2.75) is 87.1 Å².